The summed E-state index contributed by atoms with van der Waals surface area (Å²) in [6, 6.07) is 23.3. The number of rotatable bonds is 6. The fraction of sp³-hybridized carbons (Fsp3) is 0.192. The van der Waals surface area contributed by atoms with Crippen LogP contribution in [0.3, 0.4) is 0 Å². The van der Waals surface area contributed by atoms with Crippen molar-refractivity contribution in [3.63, 3.8) is 0 Å². The highest BCUT2D eigenvalue weighted by atomic mass is 35.5. The molecule has 180 valence electrons. The van der Waals surface area contributed by atoms with E-state index < -0.39 is 0 Å². The zero-order chi connectivity index (χ0) is 24.5. The second kappa shape index (κ2) is 9.85. The number of hydrogen-bond donors (Lipinski definition) is 2. The number of thioether (sulfide) groups is 1. The lowest BCUT2D eigenvalue weighted by atomic mass is 9.98. The Kier molecular flexibility index (Phi) is 6.27. The number of tetrazole rings is 1. The molecule has 1 saturated carbocycles. The zero-order valence-electron chi connectivity index (χ0n) is 19.1. The second-order valence-corrected chi connectivity index (χ2v) is 10.3. The van der Waals surface area contributed by atoms with E-state index in [4.69, 9.17) is 11.6 Å². The molecule has 1 aromatic heterocycles. The topological polar surface area (TPSA) is 99.2 Å². The third kappa shape index (κ3) is 4.77. The van der Waals surface area contributed by atoms with E-state index in [1.165, 1.54) is 12.8 Å². The molecule has 2 aliphatic rings. The summed E-state index contributed by atoms with van der Waals surface area (Å²) in [5.41, 5.74) is 8.05. The van der Waals surface area contributed by atoms with E-state index in [1.807, 2.05) is 29.3 Å². The van der Waals surface area contributed by atoms with E-state index in [9.17, 15) is 4.79 Å². The van der Waals surface area contributed by atoms with Gasteiger partial charge in [0.15, 0.2) is 5.17 Å². The average molecular weight is 516 g/mol. The van der Waals surface area contributed by atoms with Crippen LogP contribution in [0.2, 0.25) is 5.02 Å². The Morgan fingerprint density at radius 3 is 2.50 bits per heavy atom. The Morgan fingerprint density at radius 1 is 1.03 bits per heavy atom. The second-order valence-electron chi connectivity index (χ2n) is 8.75. The molecule has 2 N–H and O–H groups in total. The average Bonchev–Trinajstić information content (AvgIpc) is 3.46. The lowest BCUT2D eigenvalue weighted by Gasteiger charge is -2.19. The van der Waals surface area contributed by atoms with Crippen LogP contribution in [0.1, 0.15) is 28.8 Å². The van der Waals surface area contributed by atoms with Crippen LogP contribution in [0.15, 0.2) is 77.8 Å². The van der Waals surface area contributed by atoms with Crippen molar-refractivity contribution >= 4 is 34.4 Å². The molecular formula is C26H22ClN7OS. The van der Waals surface area contributed by atoms with Gasteiger partial charge in [-0.1, -0.05) is 84.0 Å². The maximum Gasteiger partial charge on any atom is 0.280 e. The minimum atomic E-state index is -0.334. The molecule has 2 fully saturated rings. The van der Waals surface area contributed by atoms with Gasteiger partial charge in [0.1, 0.15) is 0 Å². The van der Waals surface area contributed by atoms with Crippen molar-refractivity contribution in [2.24, 2.45) is 10.9 Å². The standard InChI is InChI=1S/C26H22ClN7OS/c27-22-8-4-3-7-21(22)24(35)28-26-34(31-25(36-26)18-13-14-18)15-16-9-11-17(12-10-16)19-5-1-2-6-20(19)23-29-32-33-30-23/h1-12,18,25,31H,13-15H2,(H,29,30,32,33). The number of carbonyl (C=O) groups is 1. The molecule has 1 amide bonds. The van der Waals surface area contributed by atoms with Gasteiger partial charge < -0.3 is 0 Å². The minimum Gasteiger partial charge on any atom is -0.281 e. The fourth-order valence-corrected chi connectivity index (χ4v) is 5.64. The smallest absolute Gasteiger partial charge is 0.280 e. The van der Waals surface area contributed by atoms with Gasteiger partial charge in [-0.15, -0.1) is 10.2 Å². The van der Waals surface area contributed by atoms with Crippen LogP contribution in [0.4, 0.5) is 0 Å². The van der Waals surface area contributed by atoms with Crippen molar-refractivity contribution in [1.29, 1.82) is 0 Å². The molecule has 0 bridgehead atoms. The van der Waals surface area contributed by atoms with Crippen LogP contribution in [-0.4, -0.2) is 42.1 Å². The molecule has 10 heteroatoms. The van der Waals surface area contributed by atoms with Crippen molar-refractivity contribution in [2.45, 2.75) is 24.8 Å². The van der Waals surface area contributed by atoms with Crippen LogP contribution in [0.5, 0.6) is 0 Å². The predicted octanol–water partition coefficient (Wildman–Crippen LogP) is 5.17. The van der Waals surface area contributed by atoms with E-state index in [1.54, 1.807) is 36.0 Å². The number of amidine groups is 1. The highest BCUT2D eigenvalue weighted by molar-refractivity contribution is 8.14. The first kappa shape index (κ1) is 22.9. The maximum absolute atomic E-state index is 12.9. The number of hydrazine groups is 1. The zero-order valence-corrected chi connectivity index (χ0v) is 20.7. The fourth-order valence-electron chi connectivity index (χ4n) is 4.17. The van der Waals surface area contributed by atoms with Crippen molar-refractivity contribution in [3.8, 4) is 22.5 Å². The third-order valence-corrected chi connectivity index (χ3v) is 7.81. The first-order valence-corrected chi connectivity index (χ1v) is 12.9. The molecule has 4 aromatic rings. The van der Waals surface area contributed by atoms with Gasteiger partial charge in [0.25, 0.3) is 5.91 Å². The number of H-pyrrole nitrogens is 1. The molecule has 36 heavy (non-hydrogen) atoms. The number of aromatic amines is 1. The highest BCUT2D eigenvalue weighted by Gasteiger charge is 2.39. The summed E-state index contributed by atoms with van der Waals surface area (Å²) in [6.45, 7) is 0.581. The van der Waals surface area contributed by atoms with E-state index >= 15 is 0 Å². The van der Waals surface area contributed by atoms with Crippen LogP contribution >= 0.6 is 23.4 Å². The maximum atomic E-state index is 12.9. The number of halogens is 1. The Balaban J connectivity index is 1.24. The molecule has 8 nitrogen and oxygen atoms in total. The Labute approximate surface area is 217 Å². The summed E-state index contributed by atoms with van der Waals surface area (Å²) >= 11 is 7.85. The van der Waals surface area contributed by atoms with Crippen molar-refractivity contribution < 1.29 is 4.79 Å². The van der Waals surface area contributed by atoms with E-state index in [0.717, 1.165) is 22.3 Å². The normalized spacial score (nSPS) is 18.6. The number of aromatic nitrogens is 4. The minimum absolute atomic E-state index is 0.226. The number of hydrogen-bond acceptors (Lipinski definition) is 6. The van der Waals surface area contributed by atoms with Gasteiger partial charge in [-0.2, -0.15) is 10.2 Å². The van der Waals surface area contributed by atoms with Gasteiger partial charge in [0.05, 0.1) is 22.5 Å². The van der Waals surface area contributed by atoms with Crippen molar-refractivity contribution in [3.05, 3.63) is 88.9 Å². The first-order valence-electron chi connectivity index (χ1n) is 11.7. The summed E-state index contributed by atoms with van der Waals surface area (Å²) in [5.74, 6) is 0.826. The number of carbonyl (C=O) groups excluding carboxylic acids is 1. The predicted molar refractivity (Wildman–Crippen MR) is 141 cm³/mol. The highest BCUT2D eigenvalue weighted by Crippen LogP contribution is 2.41. The molecule has 2 heterocycles. The molecule has 1 aliphatic carbocycles. The number of nitrogens with one attached hydrogen (secondary N) is 2. The Hall–Kier alpha value is -3.53. The summed E-state index contributed by atoms with van der Waals surface area (Å²) in [6.07, 6.45) is 2.39. The van der Waals surface area contributed by atoms with Crippen molar-refractivity contribution in [1.82, 2.24) is 31.1 Å². The number of nitrogens with zero attached hydrogens (tertiary/aromatic N) is 5. The molecule has 3 aromatic carbocycles. The third-order valence-electron chi connectivity index (χ3n) is 6.22. The van der Waals surface area contributed by atoms with Gasteiger partial charge in [-0.05, 0) is 52.8 Å². The largest absolute Gasteiger partial charge is 0.281 e. The summed E-state index contributed by atoms with van der Waals surface area (Å²) < 4.78 is 0. The molecule has 0 radical (unpaired) electrons. The summed E-state index contributed by atoms with van der Waals surface area (Å²) in [4.78, 5) is 17.3. The quantitative estimate of drug-likeness (QED) is 0.365. The van der Waals surface area contributed by atoms with Gasteiger partial charge >= 0.3 is 0 Å². The molecule has 6 rings (SSSR count). The molecule has 1 atom stereocenters. The molecule has 0 spiro atoms. The SMILES string of the molecule is O=C(N=C1SC(C2CC2)NN1Cc1ccc(-c2ccccc2-c2nn[nH]n2)cc1)c1ccccc1Cl. The number of benzene rings is 3. The Bertz CT molecular complexity index is 1420. The number of amides is 1. The Morgan fingerprint density at radius 2 is 1.78 bits per heavy atom. The lowest BCUT2D eigenvalue weighted by molar-refractivity contribution is 0.100. The number of aliphatic imine (C=N–C) groups is 1. The first-order chi connectivity index (χ1) is 17.7. The summed E-state index contributed by atoms with van der Waals surface area (Å²) in [5, 5.41) is 17.7. The molecule has 1 unspecified atom stereocenters. The van der Waals surface area contributed by atoms with Crippen LogP contribution in [0.25, 0.3) is 22.5 Å². The molecule has 1 aliphatic heterocycles. The van der Waals surface area contributed by atoms with E-state index in [-0.39, 0.29) is 11.3 Å². The molecule has 1 saturated heterocycles. The van der Waals surface area contributed by atoms with Crippen molar-refractivity contribution in [2.75, 3.05) is 0 Å². The van der Waals surface area contributed by atoms with E-state index in [2.05, 4.69) is 55.3 Å². The summed E-state index contributed by atoms with van der Waals surface area (Å²) in [7, 11) is 0. The lowest BCUT2D eigenvalue weighted by Crippen LogP contribution is -2.38. The van der Waals surface area contributed by atoms with Gasteiger partial charge in [-0.3, -0.25) is 9.80 Å². The van der Waals surface area contributed by atoms with Gasteiger partial charge in [-0.25, -0.2) is 5.43 Å². The molecular weight excluding hydrogens is 494 g/mol. The van der Waals surface area contributed by atoms with Gasteiger partial charge in [0.2, 0.25) is 5.82 Å². The van der Waals surface area contributed by atoms with Gasteiger partial charge in [0, 0.05) is 5.56 Å². The monoisotopic (exact) mass is 515 g/mol. The van der Waals surface area contributed by atoms with E-state index in [0.29, 0.717) is 34.0 Å². The van der Waals surface area contributed by atoms with Crippen LogP contribution in [-0.2, 0) is 6.54 Å². The van der Waals surface area contributed by atoms with Crippen LogP contribution < -0.4 is 5.43 Å². The van der Waals surface area contributed by atoms with Crippen LogP contribution in [0, 0.1) is 5.92 Å².